The Bertz CT molecular complexity index is 839. The Balaban J connectivity index is 2.27. The number of benzene rings is 2. The predicted octanol–water partition coefficient (Wildman–Crippen LogP) is 3.91. The molecule has 0 spiro atoms. The van der Waals surface area contributed by atoms with Crippen molar-refractivity contribution in [2.24, 2.45) is 5.16 Å². The third-order valence-corrected chi connectivity index (χ3v) is 4.94. The molecule has 0 aliphatic carbocycles. The van der Waals surface area contributed by atoms with Crippen molar-refractivity contribution < 1.29 is 19.2 Å². The summed E-state index contributed by atoms with van der Waals surface area (Å²) < 4.78 is 4.89. The Morgan fingerprint density at radius 1 is 1.18 bits per heavy atom. The van der Waals surface area contributed by atoms with E-state index in [0.29, 0.717) is 0 Å². The van der Waals surface area contributed by atoms with Crippen molar-refractivity contribution in [2.75, 3.05) is 20.5 Å². The fraction of sp³-hybridized carbons (Fsp3) is 0.333. The average molecular weight is 403 g/mol. The van der Waals surface area contributed by atoms with Crippen LogP contribution in [0.25, 0.3) is 0 Å². The number of methoxy groups -OCH3 is 1. The van der Waals surface area contributed by atoms with Gasteiger partial charge in [0.15, 0.2) is 6.04 Å². The summed E-state index contributed by atoms with van der Waals surface area (Å²) in [6, 6.07) is 13.0. The zero-order valence-corrected chi connectivity index (χ0v) is 17.6. The highest BCUT2D eigenvalue weighted by molar-refractivity contribution is 8.13. The van der Waals surface area contributed by atoms with Gasteiger partial charge in [0.2, 0.25) is 0 Å². The maximum atomic E-state index is 12.2. The van der Waals surface area contributed by atoms with E-state index in [2.05, 4.69) is 16.7 Å². The van der Waals surface area contributed by atoms with E-state index in [0.717, 1.165) is 32.9 Å². The molecule has 28 heavy (non-hydrogen) atoms. The number of nitrogens with zero attached hydrogens (tertiary/aromatic N) is 1. The molecule has 2 aromatic carbocycles. The Kier molecular flexibility index (Phi) is 8.50. The van der Waals surface area contributed by atoms with Crippen molar-refractivity contribution in [1.82, 2.24) is 5.48 Å². The van der Waals surface area contributed by atoms with Crippen LogP contribution >= 0.6 is 11.8 Å². The van der Waals surface area contributed by atoms with E-state index in [-0.39, 0.29) is 6.61 Å². The topological polar surface area (TPSA) is 69.2 Å². The molecule has 0 amide bonds. The van der Waals surface area contributed by atoms with Crippen LogP contribution in [0.1, 0.15) is 33.9 Å². The molecule has 7 heteroatoms. The van der Waals surface area contributed by atoms with Crippen LogP contribution < -0.4 is 5.48 Å². The van der Waals surface area contributed by atoms with Crippen LogP contribution in [0.2, 0.25) is 0 Å². The number of aryl methyl sites for hydroxylation is 2. The van der Waals surface area contributed by atoms with Crippen LogP contribution in [0.5, 0.6) is 0 Å². The lowest BCUT2D eigenvalue weighted by atomic mass is 9.97. The molecule has 0 radical (unpaired) electrons. The van der Waals surface area contributed by atoms with Gasteiger partial charge in [-0.1, -0.05) is 47.1 Å². The molecule has 0 aliphatic heterocycles. The number of oxime groups is 1. The van der Waals surface area contributed by atoms with Gasteiger partial charge in [-0.3, -0.25) is 0 Å². The van der Waals surface area contributed by atoms with Gasteiger partial charge in [-0.05, 0) is 37.3 Å². The van der Waals surface area contributed by atoms with Gasteiger partial charge >= 0.3 is 5.97 Å². The molecule has 0 saturated carbocycles. The molecular formula is C21H26N2O4S. The summed E-state index contributed by atoms with van der Waals surface area (Å²) in [7, 11) is 2.80. The zero-order valence-electron chi connectivity index (χ0n) is 16.8. The summed E-state index contributed by atoms with van der Waals surface area (Å²) in [5.74, 6) is -0.443. The van der Waals surface area contributed by atoms with Crippen molar-refractivity contribution in [3.8, 4) is 0 Å². The molecular weight excluding hydrogens is 376 g/mol. The van der Waals surface area contributed by atoms with Crippen LogP contribution in [0.3, 0.4) is 0 Å². The number of esters is 1. The van der Waals surface area contributed by atoms with Gasteiger partial charge in [-0.15, -0.1) is 11.8 Å². The molecule has 1 atom stereocenters. The zero-order chi connectivity index (χ0) is 20.5. The second-order valence-corrected chi connectivity index (χ2v) is 6.96. The summed E-state index contributed by atoms with van der Waals surface area (Å²) >= 11 is 1.52. The SMILES string of the molecule is CONC(C(=O)OC)c1cccc(C)c1CO/N=C(\SC)c1cccc(C)c1. The first-order valence-electron chi connectivity index (χ1n) is 8.77. The number of hydrogen-bond donors (Lipinski definition) is 1. The van der Waals surface area contributed by atoms with E-state index in [1.165, 1.54) is 26.0 Å². The van der Waals surface area contributed by atoms with Gasteiger partial charge in [-0.25, -0.2) is 4.79 Å². The number of carbonyl (C=O) groups is 1. The Labute approximate surface area is 170 Å². The molecule has 0 heterocycles. The van der Waals surface area contributed by atoms with E-state index >= 15 is 0 Å². The summed E-state index contributed by atoms with van der Waals surface area (Å²) in [5, 5.41) is 5.10. The summed E-state index contributed by atoms with van der Waals surface area (Å²) in [4.78, 5) is 22.8. The van der Waals surface area contributed by atoms with Crippen LogP contribution in [0.15, 0.2) is 47.6 Å². The van der Waals surface area contributed by atoms with Crippen molar-refractivity contribution in [1.29, 1.82) is 0 Å². The molecule has 1 N–H and O–H groups in total. The van der Waals surface area contributed by atoms with Gasteiger partial charge in [-0.2, -0.15) is 5.48 Å². The van der Waals surface area contributed by atoms with Gasteiger partial charge < -0.3 is 14.4 Å². The predicted molar refractivity (Wildman–Crippen MR) is 112 cm³/mol. The Morgan fingerprint density at radius 3 is 2.57 bits per heavy atom. The lowest BCUT2D eigenvalue weighted by molar-refractivity contribution is -0.147. The first-order chi connectivity index (χ1) is 13.5. The van der Waals surface area contributed by atoms with Crippen LogP contribution in [-0.4, -0.2) is 31.5 Å². The normalized spacial score (nSPS) is 12.5. The van der Waals surface area contributed by atoms with E-state index in [1.807, 2.05) is 56.5 Å². The summed E-state index contributed by atoms with van der Waals surface area (Å²) in [6.07, 6.45) is 1.96. The smallest absolute Gasteiger partial charge is 0.329 e. The minimum absolute atomic E-state index is 0.219. The molecule has 1 unspecified atom stereocenters. The second kappa shape index (κ2) is 10.8. The molecule has 0 fully saturated rings. The highest BCUT2D eigenvalue weighted by Gasteiger charge is 2.25. The minimum Gasteiger partial charge on any atom is -0.468 e. The largest absolute Gasteiger partial charge is 0.468 e. The molecule has 0 saturated heterocycles. The van der Waals surface area contributed by atoms with Gasteiger partial charge in [0.05, 0.1) is 14.2 Å². The minimum atomic E-state index is -0.755. The van der Waals surface area contributed by atoms with E-state index in [1.54, 1.807) is 0 Å². The van der Waals surface area contributed by atoms with Crippen molar-refractivity contribution in [3.63, 3.8) is 0 Å². The highest BCUT2D eigenvalue weighted by Crippen LogP contribution is 2.24. The standard InChI is InChI=1S/C21H26N2O4S/c1-14-8-6-10-16(12-14)20(28-5)23-27-13-18-15(2)9-7-11-17(18)19(22-26-4)21(24)25-3/h6-12,19,22H,13H2,1-5H3/b23-20-. The monoisotopic (exact) mass is 402 g/mol. The number of nitrogens with one attached hydrogen (secondary N) is 1. The lowest BCUT2D eigenvalue weighted by Crippen LogP contribution is -2.30. The van der Waals surface area contributed by atoms with E-state index < -0.39 is 12.0 Å². The van der Waals surface area contributed by atoms with Crippen molar-refractivity contribution in [2.45, 2.75) is 26.5 Å². The van der Waals surface area contributed by atoms with Gasteiger partial charge in [0, 0.05) is 11.1 Å². The first kappa shape index (κ1) is 21.9. The molecule has 0 bridgehead atoms. The van der Waals surface area contributed by atoms with Crippen LogP contribution in [-0.2, 0) is 25.8 Å². The number of hydroxylamine groups is 1. The first-order valence-corrected chi connectivity index (χ1v) is 10.00. The maximum Gasteiger partial charge on any atom is 0.329 e. The fourth-order valence-electron chi connectivity index (χ4n) is 2.81. The number of ether oxygens (including phenoxy) is 1. The molecule has 0 aromatic heterocycles. The molecule has 0 aliphatic rings. The number of rotatable bonds is 8. The Hall–Kier alpha value is -2.35. The summed E-state index contributed by atoms with van der Waals surface area (Å²) in [6.45, 7) is 4.22. The lowest BCUT2D eigenvalue weighted by Gasteiger charge is -2.19. The van der Waals surface area contributed by atoms with Crippen molar-refractivity contribution in [3.05, 3.63) is 70.3 Å². The quantitative estimate of drug-likeness (QED) is 0.312. The number of carbonyl (C=O) groups excluding carboxylic acids is 1. The summed E-state index contributed by atoms with van der Waals surface area (Å²) in [5.41, 5.74) is 7.43. The third kappa shape index (κ3) is 5.58. The van der Waals surface area contributed by atoms with E-state index in [4.69, 9.17) is 14.4 Å². The molecule has 6 nitrogen and oxygen atoms in total. The molecule has 2 aromatic rings. The second-order valence-electron chi connectivity index (χ2n) is 6.16. The third-order valence-electron chi connectivity index (χ3n) is 4.24. The fourth-order valence-corrected chi connectivity index (χ4v) is 3.30. The highest BCUT2D eigenvalue weighted by atomic mass is 32.2. The van der Waals surface area contributed by atoms with Crippen LogP contribution in [0.4, 0.5) is 0 Å². The number of thioether (sulfide) groups is 1. The van der Waals surface area contributed by atoms with Gasteiger partial charge in [0.25, 0.3) is 0 Å². The van der Waals surface area contributed by atoms with Crippen LogP contribution in [0, 0.1) is 13.8 Å². The average Bonchev–Trinajstić information content (AvgIpc) is 2.70. The van der Waals surface area contributed by atoms with E-state index in [9.17, 15) is 4.79 Å². The number of hydrogen-bond acceptors (Lipinski definition) is 7. The molecule has 150 valence electrons. The van der Waals surface area contributed by atoms with Crippen molar-refractivity contribution >= 4 is 22.8 Å². The molecule has 2 rings (SSSR count). The van der Waals surface area contributed by atoms with Gasteiger partial charge in [0.1, 0.15) is 11.7 Å². The maximum absolute atomic E-state index is 12.2. The Morgan fingerprint density at radius 2 is 1.93 bits per heavy atom.